The summed E-state index contributed by atoms with van der Waals surface area (Å²) >= 11 is 6.28. The van der Waals surface area contributed by atoms with Crippen LogP contribution in [0.5, 0.6) is 0 Å². The Morgan fingerprint density at radius 1 is 1.33 bits per heavy atom. The van der Waals surface area contributed by atoms with E-state index in [4.69, 9.17) is 11.6 Å². The largest absolute Gasteiger partial charge is 0.289 e. The number of aromatic nitrogens is 3. The van der Waals surface area contributed by atoms with Crippen molar-refractivity contribution in [2.75, 3.05) is 0 Å². The van der Waals surface area contributed by atoms with Crippen LogP contribution in [0.4, 0.5) is 0 Å². The van der Waals surface area contributed by atoms with Gasteiger partial charge < -0.3 is 0 Å². The Bertz CT molecular complexity index is 449. The monoisotopic (exact) mass is 221 g/mol. The molecule has 0 aliphatic rings. The van der Waals surface area contributed by atoms with Crippen molar-refractivity contribution in [2.45, 2.75) is 19.8 Å². The predicted octanol–water partition coefficient (Wildman–Crippen LogP) is 3.04. The van der Waals surface area contributed by atoms with E-state index >= 15 is 0 Å². The molecule has 0 atom stereocenters. The van der Waals surface area contributed by atoms with Gasteiger partial charge in [0, 0.05) is 18.6 Å². The van der Waals surface area contributed by atoms with Gasteiger partial charge in [0.05, 0.1) is 5.02 Å². The maximum absolute atomic E-state index is 6.28. The lowest BCUT2D eigenvalue weighted by molar-refractivity contribution is 0.854. The standard InChI is InChI=1S/C11H12ClN3/c1-8(2)9-3-4-14-11(10(9)12)15-6-5-13-7-15/h3-8H,1-2H3. The molecule has 78 valence electrons. The molecule has 0 aliphatic carbocycles. The molecule has 3 nitrogen and oxygen atoms in total. The number of nitrogens with zero attached hydrogens (tertiary/aromatic N) is 3. The van der Waals surface area contributed by atoms with Crippen LogP contribution in [0, 0.1) is 0 Å². The lowest BCUT2D eigenvalue weighted by Gasteiger charge is -2.11. The quantitative estimate of drug-likeness (QED) is 0.781. The van der Waals surface area contributed by atoms with Crippen LogP contribution < -0.4 is 0 Å². The van der Waals surface area contributed by atoms with Crippen molar-refractivity contribution < 1.29 is 0 Å². The maximum atomic E-state index is 6.28. The predicted molar refractivity (Wildman–Crippen MR) is 60.5 cm³/mol. The van der Waals surface area contributed by atoms with E-state index in [1.54, 1.807) is 18.7 Å². The number of rotatable bonds is 2. The SMILES string of the molecule is CC(C)c1ccnc(-n2ccnc2)c1Cl. The van der Waals surface area contributed by atoms with Gasteiger partial charge in [-0.1, -0.05) is 25.4 Å². The second kappa shape index (κ2) is 4.03. The molecule has 0 fully saturated rings. The highest BCUT2D eigenvalue weighted by Crippen LogP contribution is 2.27. The number of hydrogen-bond donors (Lipinski definition) is 0. The molecule has 0 aromatic carbocycles. The molecule has 2 aromatic heterocycles. The molecule has 0 N–H and O–H groups in total. The summed E-state index contributed by atoms with van der Waals surface area (Å²) in [7, 11) is 0. The van der Waals surface area contributed by atoms with Gasteiger partial charge in [-0.25, -0.2) is 9.97 Å². The van der Waals surface area contributed by atoms with E-state index in [1.807, 2.05) is 16.8 Å². The highest BCUT2D eigenvalue weighted by Gasteiger charge is 2.11. The first-order valence-electron chi connectivity index (χ1n) is 4.83. The van der Waals surface area contributed by atoms with Crippen LogP contribution in [0.1, 0.15) is 25.3 Å². The summed E-state index contributed by atoms with van der Waals surface area (Å²) in [6.07, 6.45) is 7.01. The summed E-state index contributed by atoms with van der Waals surface area (Å²) in [5, 5.41) is 0.700. The molecule has 0 aliphatic heterocycles. The Morgan fingerprint density at radius 3 is 2.73 bits per heavy atom. The van der Waals surface area contributed by atoms with E-state index in [0.29, 0.717) is 10.9 Å². The van der Waals surface area contributed by atoms with Crippen LogP contribution in [0.3, 0.4) is 0 Å². The minimum atomic E-state index is 0.391. The minimum Gasteiger partial charge on any atom is -0.289 e. The molecular formula is C11H12ClN3. The van der Waals surface area contributed by atoms with Gasteiger partial charge in [0.15, 0.2) is 5.82 Å². The fourth-order valence-corrected chi connectivity index (χ4v) is 1.89. The van der Waals surface area contributed by atoms with Crippen molar-refractivity contribution in [3.63, 3.8) is 0 Å². The maximum Gasteiger partial charge on any atom is 0.156 e. The Morgan fingerprint density at radius 2 is 2.13 bits per heavy atom. The van der Waals surface area contributed by atoms with E-state index in [0.717, 1.165) is 11.4 Å². The first-order valence-corrected chi connectivity index (χ1v) is 5.20. The lowest BCUT2D eigenvalue weighted by Crippen LogP contribution is -1.99. The Labute approximate surface area is 93.7 Å². The van der Waals surface area contributed by atoms with Crippen molar-refractivity contribution in [1.82, 2.24) is 14.5 Å². The molecule has 4 heteroatoms. The molecule has 2 heterocycles. The molecule has 0 saturated heterocycles. The van der Waals surface area contributed by atoms with Crippen LogP contribution in [0.2, 0.25) is 5.02 Å². The van der Waals surface area contributed by atoms with Gasteiger partial charge in [0.2, 0.25) is 0 Å². The molecule has 15 heavy (non-hydrogen) atoms. The second-order valence-electron chi connectivity index (χ2n) is 3.66. The molecule has 2 aromatic rings. The molecule has 2 rings (SSSR count). The van der Waals surface area contributed by atoms with Crippen molar-refractivity contribution in [3.05, 3.63) is 41.6 Å². The van der Waals surface area contributed by atoms with E-state index in [2.05, 4.69) is 23.8 Å². The molecule has 0 spiro atoms. The van der Waals surface area contributed by atoms with Crippen LogP contribution in [-0.2, 0) is 0 Å². The molecule has 0 saturated carbocycles. The van der Waals surface area contributed by atoms with Gasteiger partial charge in [-0.15, -0.1) is 0 Å². The topological polar surface area (TPSA) is 30.7 Å². The van der Waals surface area contributed by atoms with Crippen LogP contribution in [-0.4, -0.2) is 14.5 Å². The zero-order valence-electron chi connectivity index (χ0n) is 8.68. The van der Waals surface area contributed by atoms with Crippen molar-refractivity contribution >= 4 is 11.6 Å². The number of halogens is 1. The average molecular weight is 222 g/mol. The summed E-state index contributed by atoms with van der Waals surface area (Å²) in [4.78, 5) is 8.23. The molecular weight excluding hydrogens is 210 g/mol. The van der Waals surface area contributed by atoms with Gasteiger partial charge in [-0.05, 0) is 17.5 Å². The molecule has 0 unspecified atom stereocenters. The van der Waals surface area contributed by atoms with E-state index in [-0.39, 0.29) is 0 Å². The highest BCUT2D eigenvalue weighted by molar-refractivity contribution is 6.33. The molecule has 0 bridgehead atoms. The molecule has 0 radical (unpaired) electrons. The summed E-state index contributed by atoms with van der Waals surface area (Å²) < 4.78 is 1.81. The number of imidazole rings is 1. The van der Waals surface area contributed by atoms with E-state index in [1.165, 1.54) is 0 Å². The highest BCUT2D eigenvalue weighted by atomic mass is 35.5. The third-order valence-corrected chi connectivity index (χ3v) is 2.66. The average Bonchev–Trinajstić information content (AvgIpc) is 2.70. The zero-order valence-corrected chi connectivity index (χ0v) is 9.44. The van der Waals surface area contributed by atoms with Gasteiger partial charge in [0.1, 0.15) is 6.33 Å². The Balaban J connectivity index is 2.54. The van der Waals surface area contributed by atoms with Gasteiger partial charge in [-0.2, -0.15) is 0 Å². The molecule has 0 amide bonds. The fourth-order valence-electron chi connectivity index (χ4n) is 1.46. The summed E-state index contributed by atoms with van der Waals surface area (Å²) in [6.45, 7) is 4.22. The van der Waals surface area contributed by atoms with Crippen LogP contribution >= 0.6 is 11.6 Å². The first-order chi connectivity index (χ1) is 7.20. The summed E-state index contributed by atoms with van der Waals surface area (Å²) in [5.74, 6) is 1.13. The van der Waals surface area contributed by atoms with Gasteiger partial charge in [0.25, 0.3) is 0 Å². The van der Waals surface area contributed by atoms with Crippen LogP contribution in [0.15, 0.2) is 31.0 Å². The second-order valence-corrected chi connectivity index (χ2v) is 4.04. The Hall–Kier alpha value is -1.35. The smallest absolute Gasteiger partial charge is 0.156 e. The van der Waals surface area contributed by atoms with E-state index < -0.39 is 0 Å². The fraction of sp³-hybridized carbons (Fsp3) is 0.273. The summed E-state index contributed by atoms with van der Waals surface area (Å²) in [6, 6.07) is 1.95. The number of pyridine rings is 1. The van der Waals surface area contributed by atoms with Crippen molar-refractivity contribution in [2.24, 2.45) is 0 Å². The number of hydrogen-bond acceptors (Lipinski definition) is 2. The van der Waals surface area contributed by atoms with Crippen LogP contribution in [0.25, 0.3) is 5.82 Å². The van der Waals surface area contributed by atoms with Crippen molar-refractivity contribution in [1.29, 1.82) is 0 Å². The van der Waals surface area contributed by atoms with E-state index in [9.17, 15) is 0 Å². The first kappa shape index (κ1) is 10.2. The lowest BCUT2D eigenvalue weighted by atomic mass is 10.1. The minimum absolute atomic E-state index is 0.391. The van der Waals surface area contributed by atoms with Crippen molar-refractivity contribution in [3.8, 4) is 5.82 Å². The summed E-state index contributed by atoms with van der Waals surface area (Å²) in [5.41, 5.74) is 1.11. The third-order valence-electron chi connectivity index (χ3n) is 2.27. The zero-order chi connectivity index (χ0) is 10.8. The van der Waals surface area contributed by atoms with Gasteiger partial charge >= 0.3 is 0 Å². The van der Waals surface area contributed by atoms with Gasteiger partial charge in [-0.3, -0.25) is 4.57 Å². The Kier molecular flexibility index (Phi) is 2.73. The third kappa shape index (κ3) is 1.88. The normalized spacial score (nSPS) is 10.9.